The maximum absolute atomic E-state index is 10.5. The third-order valence-corrected chi connectivity index (χ3v) is 2.05. The van der Waals surface area contributed by atoms with Gasteiger partial charge in [-0.1, -0.05) is 5.92 Å². The quantitative estimate of drug-likeness (QED) is 0.556. The molecule has 0 atom stereocenters. The summed E-state index contributed by atoms with van der Waals surface area (Å²) in [6, 6.07) is 5.25. The number of ether oxygens (including phenoxy) is 1. The standard InChI is InChI=1S/C13H14O2/c1-5-13(3,4)15-12-7-6-11(9-14)8-10(12)2/h1,6-9H,2-4H3. The van der Waals surface area contributed by atoms with Crippen LogP contribution in [0.4, 0.5) is 0 Å². The molecule has 78 valence electrons. The Morgan fingerprint density at radius 2 is 2.13 bits per heavy atom. The molecule has 0 aliphatic carbocycles. The van der Waals surface area contributed by atoms with E-state index in [1.54, 1.807) is 18.2 Å². The molecule has 0 aliphatic heterocycles. The summed E-state index contributed by atoms with van der Waals surface area (Å²) < 4.78 is 5.63. The smallest absolute Gasteiger partial charge is 0.163 e. The summed E-state index contributed by atoms with van der Waals surface area (Å²) in [4.78, 5) is 10.5. The minimum Gasteiger partial charge on any atom is -0.475 e. The van der Waals surface area contributed by atoms with Gasteiger partial charge in [0.2, 0.25) is 0 Å². The van der Waals surface area contributed by atoms with Gasteiger partial charge in [0.05, 0.1) is 0 Å². The molecule has 1 aromatic rings. The van der Waals surface area contributed by atoms with Crippen LogP contribution >= 0.6 is 0 Å². The van der Waals surface area contributed by atoms with E-state index in [0.29, 0.717) is 11.3 Å². The number of rotatable bonds is 3. The van der Waals surface area contributed by atoms with Gasteiger partial charge in [0.25, 0.3) is 0 Å². The lowest BCUT2D eigenvalue weighted by atomic mass is 10.1. The van der Waals surface area contributed by atoms with Crippen molar-refractivity contribution >= 4 is 6.29 Å². The normalized spacial score (nSPS) is 10.5. The molecule has 15 heavy (non-hydrogen) atoms. The fourth-order valence-electron chi connectivity index (χ4n) is 1.16. The minimum absolute atomic E-state index is 0.631. The first-order valence-corrected chi connectivity index (χ1v) is 4.71. The van der Waals surface area contributed by atoms with E-state index in [2.05, 4.69) is 5.92 Å². The van der Waals surface area contributed by atoms with Crippen LogP contribution in [-0.4, -0.2) is 11.9 Å². The Hall–Kier alpha value is -1.75. The van der Waals surface area contributed by atoms with Crippen molar-refractivity contribution < 1.29 is 9.53 Å². The Morgan fingerprint density at radius 1 is 1.47 bits per heavy atom. The number of benzene rings is 1. The van der Waals surface area contributed by atoms with Gasteiger partial charge in [-0.2, -0.15) is 0 Å². The number of carbonyl (C=O) groups is 1. The number of hydrogen-bond donors (Lipinski definition) is 0. The molecule has 2 heteroatoms. The predicted octanol–water partition coefficient (Wildman–Crippen LogP) is 2.60. The average molecular weight is 202 g/mol. The molecule has 0 heterocycles. The van der Waals surface area contributed by atoms with Crippen molar-refractivity contribution in [1.29, 1.82) is 0 Å². The number of aryl methyl sites for hydroxylation is 1. The second-order valence-electron chi connectivity index (χ2n) is 3.90. The highest BCUT2D eigenvalue weighted by atomic mass is 16.5. The van der Waals surface area contributed by atoms with Crippen LogP contribution in [0.15, 0.2) is 18.2 Å². The van der Waals surface area contributed by atoms with Crippen LogP contribution in [0.3, 0.4) is 0 Å². The van der Waals surface area contributed by atoms with Gasteiger partial charge in [-0.3, -0.25) is 4.79 Å². The van der Waals surface area contributed by atoms with Crippen molar-refractivity contribution in [2.45, 2.75) is 26.4 Å². The molecular formula is C13H14O2. The van der Waals surface area contributed by atoms with E-state index in [1.807, 2.05) is 20.8 Å². The van der Waals surface area contributed by atoms with Gasteiger partial charge in [0.15, 0.2) is 5.60 Å². The van der Waals surface area contributed by atoms with Crippen LogP contribution in [0.1, 0.15) is 29.8 Å². The maximum Gasteiger partial charge on any atom is 0.163 e. The molecule has 0 unspecified atom stereocenters. The zero-order valence-corrected chi connectivity index (χ0v) is 9.20. The molecule has 2 nitrogen and oxygen atoms in total. The molecular weight excluding hydrogens is 188 g/mol. The van der Waals surface area contributed by atoms with Gasteiger partial charge in [-0.15, -0.1) is 6.42 Å². The Labute approximate surface area is 90.3 Å². The molecule has 0 saturated carbocycles. The summed E-state index contributed by atoms with van der Waals surface area (Å²) in [7, 11) is 0. The van der Waals surface area contributed by atoms with Crippen molar-refractivity contribution in [2.75, 3.05) is 0 Å². The number of terminal acetylenes is 1. The first-order valence-electron chi connectivity index (χ1n) is 4.71. The Bertz CT molecular complexity index is 411. The minimum atomic E-state index is -0.631. The topological polar surface area (TPSA) is 26.3 Å². The maximum atomic E-state index is 10.5. The highest BCUT2D eigenvalue weighted by Crippen LogP contribution is 2.23. The number of aldehydes is 1. The molecule has 0 fully saturated rings. The van der Waals surface area contributed by atoms with Crippen molar-refractivity contribution in [3.05, 3.63) is 29.3 Å². The van der Waals surface area contributed by atoms with Gasteiger partial charge >= 0.3 is 0 Å². The largest absolute Gasteiger partial charge is 0.475 e. The van der Waals surface area contributed by atoms with Crippen LogP contribution in [0.5, 0.6) is 5.75 Å². The molecule has 1 aromatic carbocycles. The summed E-state index contributed by atoms with van der Waals surface area (Å²) in [6.07, 6.45) is 6.14. The summed E-state index contributed by atoms with van der Waals surface area (Å²) in [5, 5.41) is 0. The van der Waals surface area contributed by atoms with E-state index in [4.69, 9.17) is 11.2 Å². The third kappa shape index (κ3) is 2.85. The second kappa shape index (κ2) is 4.18. The van der Waals surface area contributed by atoms with Crippen LogP contribution in [0, 0.1) is 19.3 Å². The summed E-state index contributed by atoms with van der Waals surface area (Å²) in [5.41, 5.74) is 0.911. The van der Waals surface area contributed by atoms with E-state index in [0.717, 1.165) is 11.8 Å². The van der Waals surface area contributed by atoms with E-state index in [9.17, 15) is 4.79 Å². The van der Waals surface area contributed by atoms with Gasteiger partial charge in [-0.25, -0.2) is 0 Å². The summed E-state index contributed by atoms with van der Waals surface area (Å²) >= 11 is 0. The molecule has 0 aliphatic rings. The van der Waals surface area contributed by atoms with Crippen molar-refractivity contribution in [2.24, 2.45) is 0 Å². The lowest BCUT2D eigenvalue weighted by Crippen LogP contribution is -2.25. The zero-order chi connectivity index (χ0) is 11.5. The van der Waals surface area contributed by atoms with Crippen LogP contribution < -0.4 is 4.74 Å². The molecule has 0 radical (unpaired) electrons. The SMILES string of the molecule is C#CC(C)(C)Oc1ccc(C=O)cc1C. The fraction of sp³-hybridized carbons (Fsp3) is 0.308. The lowest BCUT2D eigenvalue weighted by molar-refractivity contribution is 0.112. The Morgan fingerprint density at radius 3 is 2.60 bits per heavy atom. The number of carbonyl (C=O) groups excluding carboxylic acids is 1. The third-order valence-electron chi connectivity index (χ3n) is 2.05. The van der Waals surface area contributed by atoms with Crippen LogP contribution in [-0.2, 0) is 0 Å². The molecule has 0 saturated heterocycles. The highest BCUT2D eigenvalue weighted by Gasteiger charge is 2.16. The predicted molar refractivity (Wildman–Crippen MR) is 60.1 cm³/mol. The summed E-state index contributed by atoms with van der Waals surface area (Å²) in [6.45, 7) is 5.52. The molecule has 0 N–H and O–H groups in total. The lowest BCUT2D eigenvalue weighted by Gasteiger charge is -2.21. The first-order chi connectivity index (χ1) is 6.98. The second-order valence-corrected chi connectivity index (χ2v) is 3.90. The fourth-order valence-corrected chi connectivity index (χ4v) is 1.16. The Balaban J connectivity index is 2.98. The zero-order valence-electron chi connectivity index (χ0n) is 9.20. The summed E-state index contributed by atoms with van der Waals surface area (Å²) in [5.74, 6) is 3.27. The molecule has 0 amide bonds. The van der Waals surface area contributed by atoms with Crippen molar-refractivity contribution in [1.82, 2.24) is 0 Å². The highest BCUT2D eigenvalue weighted by molar-refractivity contribution is 5.75. The molecule has 0 bridgehead atoms. The average Bonchev–Trinajstić information content (AvgIpc) is 2.21. The van der Waals surface area contributed by atoms with Crippen molar-refractivity contribution in [3.8, 4) is 18.1 Å². The van der Waals surface area contributed by atoms with E-state index in [-0.39, 0.29) is 0 Å². The van der Waals surface area contributed by atoms with E-state index in [1.165, 1.54) is 0 Å². The molecule has 0 spiro atoms. The molecule has 0 aromatic heterocycles. The molecule has 1 rings (SSSR count). The number of hydrogen-bond acceptors (Lipinski definition) is 2. The Kier molecular flexibility index (Phi) is 3.16. The van der Waals surface area contributed by atoms with Crippen molar-refractivity contribution in [3.63, 3.8) is 0 Å². The van der Waals surface area contributed by atoms with Gasteiger partial charge in [-0.05, 0) is 44.5 Å². The van der Waals surface area contributed by atoms with Crippen LogP contribution in [0.25, 0.3) is 0 Å². The van der Waals surface area contributed by atoms with E-state index >= 15 is 0 Å². The first kappa shape index (κ1) is 11.3. The monoisotopic (exact) mass is 202 g/mol. The van der Waals surface area contributed by atoms with E-state index < -0.39 is 5.60 Å². The van der Waals surface area contributed by atoms with Gasteiger partial charge in [0.1, 0.15) is 12.0 Å². The van der Waals surface area contributed by atoms with Gasteiger partial charge < -0.3 is 4.74 Å². The van der Waals surface area contributed by atoms with Crippen LogP contribution in [0.2, 0.25) is 0 Å². The van der Waals surface area contributed by atoms with Gasteiger partial charge in [0, 0.05) is 5.56 Å².